The molecule has 1 aliphatic heterocycles. The second-order valence-corrected chi connectivity index (χ2v) is 7.47. The number of ether oxygens (including phenoxy) is 2. The summed E-state index contributed by atoms with van der Waals surface area (Å²) in [6.07, 6.45) is 0.687. The first-order valence-corrected chi connectivity index (χ1v) is 8.70. The van der Waals surface area contributed by atoms with Gasteiger partial charge in [-0.3, -0.25) is 9.69 Å². The molecule has 8 heteroatoms. The van der Waals surface area contributed by atoms with Crippen LogP contribution in [0, 0.1) is 5.41 Å². The van der Waals surface area contributed by atoms with E-state index in [0.29, 0.717) is 19.1 Å². The van der Waals surface area contributed by atoms with Crippen LogP contribution < -0.4 is 5.73 Å². The first-order valence-electron chi connectivity index (χ1n) is 8.70. The van der Waals surface area contributed by atoms with Crippen LogP contribution in [0.5, 0.6) is 0 Å². The summed E-state index contributed by atoms with van der Waals surface area (Å²) in [5.74, 6) is 0.0803. The van der Waals surface area contributed by atoms with Gasteiger partial charge < -0.3 is 20.1 Å². The van der Waals surface area contributed by atoms with Gasteiger partial charge in [-0.1, -0.05) is 13.8 Å². The molecule has 0 spiro atoms. The number of rotatable bonds is 6. The summed E-state index contributed by atoms with van der Waals surface area (Å²) in [6, 6.07) is 0.331. The average Bonchev–Trinajstić information content (AvgIpc) is 2.52. The van der Waals surface area contributed by atoms with Crippen molar-refractivity contribution in [2.45, 2.75) is 51.8 Å². The Morgan fingerprint density at radius 1 is 1.28 bits per heavy atom. The molecule has 2 fully saturated rings. The van der Waals surface area contributed by atoms with Crippen molar-refractivity contribution in [1.82, 2.24) is 9.80 Å². The van der Waals surface area contributed by atoms with Crippen molar-refractivity contribution in [3.63, 3.8) is 0 Å². The zero-order valence-electron chi connectivity index (χ0n) is 16.1. The Kier molecular flexibility index (Phi) is 9.67. The van der Waals surface area contributed by atoms with Crippen molar-refractivity contribution in [2.75, 3.05) is 46.5 Å². The van der Waals surface area contributed by atoms with E-state index in [-0.39, 0.29) is 42.2 Å². The molecule has 0 aromatic carbocycles. The number of piperazine rings is 1. The number of carbonyl (C=O) groups excluding carboxylic acids is 1. The standard InChI is InChI=1S/C17H33N3O3.2ClH/c1-6-23-14-11-17(18,16(14,3)4)15(21)20-8-7-19(9-10-22-5)13(2)12-20;;/h13-14H,6-12,18H2,1-5H3;2*1H. The van der Waals surface area contributed by atoms with Crippen LogP contribution >= 0.6 is 24.8 Å². The largest absolute Gasteiger partial charge is 0.383 e. The minimum absolute atomic E-state index is 0. The van der Waals surface area contributed by atoms with Gasteiger partial charge in [0.15, 0.2) is 0 Å². The maximum Gasteiger partial charge on any atom is 0.243 e. The molecule has 1 saturated carbocycles. The highest BCUT2D eigenvalue weighted by molar-refractivity contribution is 5.89. The van der Waals surface area contributed by atoms with Crippen molar-refractivity contribution in [3.8, 4) is 0 Å². The van der Waals surface area contributed by atoms with E-state index in [9.17, 15) is 4.79 Å². The lowest BCUT2D eigenvalue weighted by Gasteiger charge is -2.59. The van der Waals surface area contributed by atoms with Crippen LogP contribution in [0.25, 0.3) is 0 Å². The Morgan fingerprint density at radius 3 is 2.40 bits per heavy atom. The molecule has 0 bridgehead atoms. The monoisotopic (exact) mass is 399 g/mol. The van der Waals surface area contributed by atoms with Gasteiger partial charge in [0.2, 0.25) is 5.91 Å². The van der Waals surface area contributed by atoms with Crippen LogP contribution in [-0.4, -0.2) is 79.9 Å². The summed E-state index contributed by atoms with van der Waals surface area (Å²) in [7, 11) is 1.72. The second-order valence-electron chi connectivity index (χ2n) is 7.47. The Bertz CT molecular complexity index is 439. The maximum absolute atomic E-state index is 13.0. The number of hydrogen-bond donors (Lipinski definition) is 1. The van der Waals surface area contributed by atoms with E-state index in [1.165, 1.54) is 0 Å². The highest BCUT2D eigenvalue weighted by Gasteiger charge is 2.63. The van der Waals surface area contributed by atoms with Crippen LogP contribution in [0.3, 0.4) is 0 Å². The van der Waals surface area contributed by atoms with Gasteiger partial charge in [0.1, 0.15) is 5.54 Å². The molecule has 6 nitrogen and oxygen atoms in total. The van der Waals surface area contributed by atoms with E-state index in [1.807, 2.05) is 25.7 Å². The first kappa shape index (κ1) is 24.9. The SMILES string of the molecule is CCOC1CC(N)(C(=O)N2CCN(CCOC)C(C)C2)C1(C)C.Cl.Cl. The fourth-order valence-electron chi connectivity index (χ4n) is 3.80. The molecule has 1 amide bonds. The third-order valence-corrected chi connectivity index (χ3v) is 5.85. The fraction of sp³-hybridized carbons (Fsp3) is 0.941. The van der Waals surface area contributed by atoms with E-state index >= 15 is 0 Å². The Labute approximate surface area is 164 Å². The molecule has 150 valence electrons. The minimum Gasteiger partial charge on any atom is -0.383 e. The fourth-order valence-corrected chi connectivity index (χ4v) is 3.80. The van der Waals surface area contributed by atoms with Gasteiger partial charge in [-0.15, -0.1) is 24.8 Å². The van der Waals surface area contributed by atoms with Crippen molar-refractivity contribution in [3.05, 3.63) is 0 Å². The van der Waals surface area contributed by atoms with Gasteiger partial charge in [-0.05, 0) is 13.8 Å². The lowest BCUT2D eigenvalue weighted by atomic mass is 9.54. The van der Waals surface area contributed by atoms with Gasteiger partial charge in [0.25, 0.3) is 0 Å². The number of nitrogens with zero attached hydrogens (tertiary/aromatic N) is 2. The Morgan fingerprint density at radius 2 is 1.92 bits per heavy atom. The van der Waals surface area contributed by atoms with Crippen LogP contribution in [0.4, 0.5) is 0 Å². The molecule has 2 N–H and O–H groups in total. The lowest BCUT2D eigenvalue weighted by molar-refractivity contribution is -0.181. The zero-order valence-corrected chi connectivity index (χ0v) is 17.8. The molecule has 1 saturated heterocycles. The van der Waals surface area contributed by atoms with Crippen LogP contribution in [0.15, 0.2) is 0 Å². The van der Waals surface area contributed by atoms with Crippen molar-refractivity contribution in [2.24, 2.45) is 11.1 Å². The second kappa shape index (κ2) is 9.72. The van der Waals surface area contributed by atoms with Crippen molar-refractivity contribution in [1.29, 1.82) is 0 Å². The van der Waals surface area contributed by atoms with Gasteiger partial charge >= 0.3 is 0 Å². The zero-order chi connectivity index (χ0) is 17.3. The van der Waals surface area contributed by atoms with E-state index in [2.05, 4.69) is 11.8 Å². The predicted octanol–water partition coefficient (Wildman–Crippen LogP) is 1.54. The summed E-state index contributed by atoms with van der Waals surface area (Å²) in [4.78, 5) is 17.3. The third-order valence-electron chi connectivity index (χ3n) is 5.85. The molecule has 2 aliphatic rings. The van der Waals surface area contributed by atoms with Crippen molar-refractivity contribution < 1.29 is 14.3 Å². The molecule has 3 unspecified atom stereocenters. The molecular weight excluding hydrogens is 365 g/mol. The third kappa shape index (κ3) is 4.60. The lowest BCUT2D eigenvalue weighted by Crippen LogP contribution is -2.77. The molecule has 0 aromatic rings. The van der Waals surface area contributed by atoms with Crippen LogP contribution in [0.2, 0.25) is 0 Å². The first-order chi connectivity index (χ1) is 10.8. The number of halogens is 2. The predicted molar refractivity (Wildman–Crippen MR) is 105 cm³/mol. The van der Waals surface area contributed by atoms with E-state index < -0.39 is 5.54 Å². The van der Waals surface area contributed by atoms with Crippen LogP contribution in [0.1, 0.15) is 34.1 Å². The summed E-state index contributed by atoms with van der Waals surface area (Å²) >= 11 is 0. The minimum atomic E-state index is -0.804. The average molecular weight is 400 g/mol. The molecular formula is C17H35Cl2N3O3. The normalized spacial score (nSPS) is 31.5. The number of nitrogens with two attached hydrogens (primary N) is 1. The van der Waals surface area contributed by atoms with Crippen molar-refractivity contribution >= 4 is 30.7 Å². The highest BCUT2D eigenvalue weighted by atomic mass is 35.5. The number of methoxy groups -OCH3 is 1. The van der Waals surface area contributed by atoms with Crippen LogP contribution in [-0.2, 0) is 14.3 Å². The van der Waals surface area contributed by atoms with Gasteiger partial charge in [0.05, 0.1) is 12.7 Å². The quantitative estimate of drug-likeness (QED) is 0.733. The summed E-state index contributed by atoms with van der Waals surface area (Å²) in [6.45, 7) is 12.9. The van der Waals surface area contributed by atoms with E-state index in [0.717, 1.165) is 32.8 Å². The Hall–Kier alpha value is -0.110. The molecule has 0 aromatic heterocycles. The molecule has 1 aliphatic carbocycles. The summed E-state index contributed by atoms with van der Waals surface area (Å²) < 4.78 is 10.9. The Balaban J connectivity index is 0.00000288. The number of hydrogen-bond acceptors (Lipinski definition) is 5. The topological polar surface area (TPSA) is 68.0 Å². The number of carbonyl (C=O) groups is 1. The smallest absolute Gasteiger partial charge is 0.243 e. The molecule has 25 heavy (non-hydrogen) atoms. The van der Waals surface area contributed by atoms with E-state index in [4.69, 9.17) is 15.2 Å². The number of amides is 1. The van der Waals surface area contributed by atoms with Gasteiger partial charge in [-0.2, -0.15) is 0 Å². The summed E-state index contributed by atoms with van der Waals surface area (Å²) in [5, 5.41) is 0. The molecule has 0 radical (unpaired) electrons. The molecule has 3 atom stereocenters. The van der Waals surface area contributed by atoms with Gasteiger partial charge in [0, 0.05) is 57.8 Å². The highest BCUT2D eigenvalue weighted by Crippen LogP contribution is 2.50. The van der Waals surface area contributed by atoms with Gasteiger partial charge in [-0.25, -0.2) is 0 Å². The van der Waals surface area contributed by atoms with E-state index in [1.54, 1.807) is 7.11 Å². The maximum atomic E-state index is 13.0. The molecule has 2 rings (SSSR count). The summed E-state index contributed by atoms with van der Waals surface area (Å²) in [5.41, 5.74) is 5.40. The molecule has 1 heterocycles.